The van der Waals surface area contributed by atoms with Gasteiger partial charge in [-0.05, 0) is 6.55 Å². The topological polar surface area (TPSA) is 0 Å². The van der Waals surface area contributed by atoms with Crippen molar-refractivity contribution < 1.29 is 26.3 Å². The van der Waals surface area contributed by atoms with Gasteiger partial charge in [0.15, 0.2) is 0 Å². The maximum atomic E-state index is 11.5. The van der Waals surface area contributed by atoms with Gasteiger partial charge >= 0.3 is 19.0 Å². The van der Waals surface area contributed by atoms with Crippen LogP contribution in [-0.4, -0.2) is 19.0 Å². The molecule has 0 aliphatic carbocycles. The fraction of sp³-hybridized carbons (Fsp3) is 1.00. The fourth-order valence-electron chi connectivity index (χ4n) is 0.161. The first-order valence-electron chi connectivity index (χ1n) is 2.32. The van der Waals surface area contributed by atoms with Crippen LogP contribution in [0.15, 0.2) is 0 Å². The normalized spacial score (nSPS) is 15.3. The Bertz CT molecular complexity index is 129. The molecular weight excluding hydrogens is 214 g/mol. The zero-order valence-corrected chi connectivity index (χ0v) is 6.90. The van der Waals surface area contributed by atoms with Gasteiger partial charge in [0.05, 0.1) is 0 Å². The van der Waals surface area contributed by atoms with Crippen LogP contribution < -0.4 is 0 Å². The van der Waals surface area contributed by atoms with Crippen molar-refractivity contribution in [1.82, 2.24) is 0 Å². The SMILES string of the molecule is C[Si](Cl)(C(F)(F)F)C(F)(F)F. The van der Waals surface area contributed by atoms with Crippen LogP contribution in [0.4, 0.5) is 26.3 Å². The summed E-state index contributed by atoms with van der Waals surface area (Å²) in [5.74, 6) is -10.7. The van der Waals surface area contributed by atoms with E-state index in [0.717, 1.165) is 0 Å². The molecule has 0 unspecified atom stereocenters. The Morgan fingerprint density at radius 3 is 1.09 bits per heavy atom. The van der Waals surface area contributed by atoms with Crippen LogP contribution >= 0.6 is 11.1 Å². The lowest BCUT2D eigenvalue weighted by atomic mass is 11.5. The minimum absolute atomic E-state index is 0.00849. The van der Waals surface area contributed by atoms with Crippen LogP contribution in [0.3, 0.4) is 0 Å². The second kappa shape index (κ2) is 2.55. The highest BCUT2D eigenvalue weighted by atomic mass is 35.6. The first-order valence-corrected chi connectivity index (χ1v) is 5.83. The third-order valence-corrected chi connectivity index (χ3v) is 4.48. The first-order chi connectivity index (χ1) is 4.50. The minimum Gasteiger partial charge on any atom is -0.175 e. The standard InChI is InChI=1S/C3H3ClF6Si/c1-11(4,2(5,6)7)3(8,9)10/h1H3. The Kier molecular flexibility index (Phi) is 2.57. The molecule has 0 radical (unpaired) electrons. The molecule has 0 rings (SSSR count). The predicted molar refractivity (Wildman–Crippen MR) is 29.6 cm³/mol. The van der Waals surface area contributed by atoms with E-state index in [9.17, 15) is 26.3 Å². The van der Waals surface area contributed by atoms with Gasteiger partial charge in [-0.1, -0.05) is 0 Å². The lowest BCUT2D eigenvalue weighted by Crippen LogP contribution is -2.55. The molecule has 0 atom stereocenters. The fourth-order valence-corrected chi connectivity index (χ4v) is 0.482. The lowest BCUT2D eigenvalue weighted by Gasteiger charge is -2.24. The Labute approximate surface area is 63.9 Å². The summed E-state index contributed by atoms with van der Waals surface area (Å²) >= 11 is 4.38. The van der Waals surface area contributed by atoms with Crippen LogP contribution in [0, 0.1) is 0 Å². The second-order valence-electron chi connectivity index (χ2n) is 2.00. The molecule has 0 N–H and O–H groups in total. The second-order valence-corrected chi connectivity index (χ2v) is 7.41. The summed E-state index contributed by atoms with van der Waals surface area (Å²) < 4.78 is 69.2. The first kappa shape index (κ1) is 11.1. The summed E-state index contributed by atoms with van der Waals surface area (Å²) in [5.41, 5.74) is 0. The molecule has 0 saturated heterocycles. The van der Waals surface area contributed by atoms with E-state index in [1.54, 1.807) is 0 Å². The number of halogens is 7. The van der Waals surface area contributed by atoms with Crippen molar-refractivity contribution in [2.24, 2.45) is 0 Å². The van der Waals surface area contributed by atoms with Gasteiger partial charge in [-0.3, -0.25) is 0 Å². The molecule has 11 heavy (non-hydrogen) atoms. The van der Waals surface area contributed by atoms with Gasteiger partial charge in [-0.2, -0.15) is 26.3 Å². The average molecular weight is 217 g/mol. The largest absolute Gasteiger partial charge is 0.394 e. The van der Waals surface area contributed by atoms with Crippen molar-refractivity contribution in [3.8, 4) is 0 Å². The highest BCUT2D eigenvalue weighted by molar-refractivity contribution is 7.21. The lowest BCUT2D eigenvalue weighted by molar-refractivity contribution is -0.107. The zero-order chi connectivity index (χ0) is 9.50. The van der Waals surface area contributed by atoms with Gasteiger partial charge in [-0.15, -0.1) is 11.1 Å². The molecule has 8 heteroatoms. The van der Waals surface area contributed by atoms with Gasteiger partial charge in [0.2, 0.25) is 0 Å². The van der Waals surface area contributed by atoms with Crippen molar-refractivity contribution in [2.75, 3.05) is 0 Å². The number of rotatable bonds is 0. The van der Waals surface area contributed by atoms with E-state index in [1.165, 1.54) is 0 Å². The van der Waals surface area contributed by atoms with E-state index in [2.05, 4.69) is 11.1 Å². The Morgan fingerprint density at radius 1 is 0.909 bits per heavy atom. The molecule has 0 spiro atoms. The quantitative estimate of drug-likeness (QED) is 0.332. The molecule has 0 heterocycles. The zero-order valence-electron chi connectivity index (χ0n) is 5.15. The summed E-state index contributed by atoms with van der Waals surface area (Å²) in [6, 6.07) is 0. The Balaban J connectivity index is 4.75. The molecule has 0 fully saturated rings. The predicted octanol–water partition coefficient (Wildman–Crippen LogP) is 3.00. The van der Waals surface area contributed by atoms with Crippen LogP contribution in [0.5, 0.6) is 0 Å². The molecule has 0 saturated carbocycles. The van der Waals surface area contributed by atoms with Crippen molar-refractivity contribution >= 4 is 18.5 Å². The molecule has 0 bridgehead atoms. The molecule has 0 aromatic carbocycles. The maximum absolute atomic E-state index is 11.5. The molecular formula is C3H3ClF6Si. The van der Waals surface area contributed by atoms with Crippen molar-refractivity contribution in [3.63, 3.8) is 0 Å². The van der Waals surface area contributed by atoms with E-state index >= 15 is 0 Å². The molecule has 0 aromatic rings. The van der Waals surface area contributed by atoms with E-state index in [1.807, 2.05) is 0 Å². The van der Waals surface area contributed by atoms with Crippen LogP contribution in [-0.2, 0) is 0 Å². The third-order valence-electron chi connectivity index (χ3n) is 1.06. The van der Waals surface area contributed by atoms with E-state index in [-0.39, 0.29) is 6.55 Å². The molecule has 0 aromatic heterocycles. The van der Waals surface area contributed by atoms with E-state index in [4.69, 9.17) is 0 Å². The number of hydrogen-bond acceptors (Lipinski definition) is 0. The Morgan fingerprint density at radius 2 is 1.09 bits per heavy atom. The molecule has 0 amide bonds. The van der Waals surface area contributed by atoms with Crippen LogP contribution in [0.2, 0.25) is 6.55 Å². The average Bonchev–Trinajstić information content (AvgIpc) is 1.58. The molecule has 0 nitrogen and oxygen atoms in total. The highest BCUT2D eigenvalue weighted by Crippen LogP contribution is 2.43. The summed E-state index contributed by atoms with van der Waals surface area (Å²) in [5, 5.41) is 0. The third kappa shape index (κ3) is 2.02. The smallest absolute Gasteiger partial charge is 0.175 e. The van der Waals surface area contributed by atoms with Crippen LogP contribution in [0.25, 0.3) is 0 Å². The van der Waals surface area contributed by atoms with Gasteiger partial charge < -0.3 is 0 Å². The number of alkyl halides is 6. The van der Waals surface area contributed by atoms with Crippen molar-refractivity contribution in [2.45, 2.75) is 18.1 Å². The Hall–Kier alpha value is 0.0869. The summed E-state index contributed by atoms with van der Waals surface area (Å²) in [4.78, 5) is 0. The summed E-state index contributed by atoms with van der Waals surface area (Å²) in [6.07, 6.45) is 0. The van der Waals surface area contributed by atoms with Gasteiger partial charge in [0.1, 0.15) is 0 Å². The van der Waals surface area contributed by atoms with Crippen molar-refractivity contribution in [1.29, 1.82) is 0 Å². The minimum atomic E-state index is -5.63. The van der Waals surface area contributed by atoms with Gasteiger partial charge in [0, 0.05) is 0 Å². The maximum Gasteiger partial charge on any atom is 0.394 e. The monoisotopic (exact) mass is 216 g/mol. The highest BCUT2D eigenvalue weighted by Gasteiger charge is 2.70. The van der Waals surface area contributed by atoms with Gasteiger partial charge in [-0.25, -0.2) is 0 Å². The number of hydrogen-bond donors (Lipinski definition) is 0. The molecule has 68 valence electrons. The van der Waals surface area contributed by atoms with E-state index < -0.39 is 19.0 Å². The van der Waals surface area contributed by atoms with Gasteiger partial charge in [0.25, 0.3) is 0 Å². The molecule has 0 aliphatic heterocycles. The molecule has 0 aliphatic rings. The summed E-state index contributed by atoms with van der Waals surface area (Å²) in [6.45, 7) is 0.00849. The van der Waals surface area contributed by atoms with Crippen molar-refractivity contribution in [3.05, 3.63) is 0 Å². The van der Waals surface area contributed by atoms with E-state index in [0.29, 0.717) is 0 Å². The van der Waals surface area contributed by atoms with Crippen LogP contribution in [0.1, 0.15) is 0 Å². The summed E-state index contributed by atoms with van der Waals surface area (Å²) in [7, 11) is -5.63.